The van der Waals surface area contributed by atoms with Crippen LogP contribution < -0.4 is 4.74 Å². The first kappa shape index (κ1) is 17.9. The molecule has 30 heavy (non-hydrogen) atoms. The van der Waals surface area contributed by atoms with Gasteiger partial charge in [0.2, 0.25) is 11.8 Å². The Bertz CT molecular complexity index is 1400. The summed E-state index contributed by atoms with van der Waals surface area (Å²) in [6, 6.07) is 18.1. The molecule has 0 N–H and O–H groups in total. The summed E-state index contributed by atoms with van der Waals surface area (Å²) in [6.45, 7) is 0. The number of methoxy groups -OCH3 is 2. The summed E-state index contributed by atoms with van der Waals surface area (Å²) < 4.78 is 22.0. The van der Waals surface area contributed by atoms with E-state index in [4.69, 9.17) is 18.3 Å². The first-order valence-corrected chi connectivity index (χ1v) is 9.20. The molecular formula is C23H16N2O5. The Kier molecular flexibility index (Phi) is 4.21. The van der Waals surface area contributed by atoms with Crippen LogP contribution in [-0.4, -0.2) is 30.2 Å². The first-order valence-electron chi connectivity index (χ1n) is 9.20. The fraction of sp³-hybridized carbons (Fsp3) is 0.0870. The monoisotopic (exact) mass is 400 g/mol. The van der Waals surface area contributed by atoms with E-state index in [2.05, 4.69) is 9.97 Å². The van der Waals surface area contributed by atoms with Gasteiger partial charge in [0.1, 0.15) is 16.8 Å². The van der Waals surface area contributed by atoms with Crippen LogP contribution in [0.4, 0.5) is 0 Å². The highest BCUT2D eigenvalue weighted by Crippen LogP contribution is 2.34. The molecule has 2 aromatic heterocycles. The number of fused-ring (bicyclic) bond motifs is 2. The second kappa shape index (κ2) is 7.04. The largest absolute Gasteiger partial charge is 0.497 e. The van der Waals surface area contributed by atoms with Crippen molar-refractivity contribution in [2.24, 2.45) is 0 Å². The molecule has 0 radical (unpaired) electrons. The molecule has 0 aliphatic rings. The molecule has 0 aliphatic heterocycles. The summed E-state index contributed by atoms with van der Waals surface area (Å²) in [4.78, 5) is 21.3. The number of carbonyl (C=O) groups is 1. The minimum absolute atomic E-state index is 0.342. The molecule has 148 valence electrons. The number of rotatable bonds is 4. The summed E-state index contributed by atoms with van der Waals surface area (Å²) in [5, 5.41) is 0. The van der Waals surface area contributed by atoms with E-state index < -0.39 is 5.97 Å². The van der Waals surface area contributed by atoms with Crippen LogP contribution in [0, 0.1) is 0 Å². The molecule has 7 heteroatoms. The van der Waals surface area contributed by atoms with Gasteiger partial charge in [-0.15, -0.1) is 0 Å². The number of ether oxygens (including phenoxy) is 2. The number of para-hydroxylation sites is 2. The number of hydrogen-bond acceptors (Lipinski definition) is 7. The van der Waals surface area contributed by atoms with Crippen molar-refractivity contribution in [2.45, 2.75) is 0 Å². The lowest BCUT2D eigenvalue weighted by atomic mass is 10.2. The van der Waals surface area contributed by atoms with E-state index in [-0.39, 0.29) is 0 Å². The van der Waals surface area contributed by atoms with Crippen LogP contribution in [0.5, 0.6) is 5.75 Å². The van der Waals surface area contributed by atoms with E-state index in [0.717, 1.165) is 5.56 Å². The maximum atomic E-state index is 12.1. The second-order valence-electron chi connectivity index (χ2n) is 6.57. The SMILES string of the molecule is COC(=O)c1cccc2oc(-c3cccc4oc(-c5cccc(OC)c5)nc34)nc12. The van der Waals surface area contributed by atoms with Gasteiger partial charge in [-0.2, -0.15) is 0 Å². The molecule has 5 rings (SSSR count). The van der Waals surface area contributed by atoms with Crippen LogP contribution in [0.3, 0.4) is 0 Å². The lowest BCUT2D eigenvalue weighted by Gasteiger charge is -2.00. The minimum Gasteiger partial charge on any atom is -0.497 e. The molecule has 0 atom stereocenters. The Labute approximate surface area is 170 Å². The fourth-order valence-electron chi connectivity index (χ4n) is 3.34. The summed E-state index contributed by atoms with van der Waals surface area (Å²) in [7, 11) is 2.94. The van der Waals surface area contributed by atoms with Gasteiger partial charge in [-0.1, -0.05) is 18.2 Å². The number of esters is 1. The molecule has 3 aromatic carbocycles. The number of nitrogens with zero attached hydrogens (tertiary/aromatic N) is 2. The van der Waals surface area contributed by atoms with Crippen LogP contribution in [-0.2, 0) is 4.74 Å². The number of benzene rings is 3. The standard InChI is InChI=1S/C23H16N2O5/c1-27-14-7-3-6-13(12-14)21-24-19-15(8-4-10-17(19)29-21)22-25-20-16(23(26)28-2)9-5-11-18(20)30-22/h3-12H,1-2H3. The average molecular weight is 400 g/mol. The van der Waals surface area contributed by atoms with Crippen molar-refractivity contribution in [1.29, 1.82) is 0 Å². The Morgan fingerprint density at radius 1 is 0.833 bits per heavy atom. The number of hydrogen-bond donors (Lipinski definition) is 0. The molecular weight excluding hydrogens is 384 g/mol. The van der Waals surface area contributed by atoms with Crippen LogP contribution in [0.15, 0.2) is 69.5 Å². The molecule has 0 amide bonds. The average Bonchev–Trinajstić information content (AvgIpc) is 3.42. The molecule has 0 saturated heterocycles. The fourth-order valence-corrected chi connectivity index (χ4v) is 3.34. The quantitative estimate of drug-likeness (QED) is 0.388. The van der Waals surface area contributed by atoms with E-state index in [1.54, 1.807) is 25.3 Å². The van der Waals surface area contributed by atoms with Crippen LogP contribution in [0.25, 0.3) is 45.1 Å². The van der Waals surface area contributed by atoms with E-state index in [0.29, 0.717) is 50.9 Å². The van der Waals surface area contributed by atoms with Crippen molar-refractivity contribution < 1.29 is 23.1 Å². The zero-order valence-electron chi connectivity index (χ0n) is 16.2. The van der Waals surface area contributed by atoms with E-state index in [1.165, 1.54) is 7.11 Å². The molecule has 0 unspecified atom stereocenters. The van der Waals surface area contributed by atoms with Gasteiger partial charge in [-0.05, 0) is 42.5 Å². The molecule has 0 spiro atoms. The number of oxazole rings is 2. The Hall–Kier alpha value is -4.13. The molecule has 0 aliphatic carbocycles. The Morgan fingerprint density at radius 3 is 2.33 bits per heavy atom. The molecule has 5 aromatic rings. The molecule has 0 bridgehead atoms. The van der Waals surface area contributed by atoms with Crippen molar-refractivity contribution in [3.05, 3.63) is 66.2 Å². The summed E-state index contributed by atoms with van der Waals surface area (Å²) >= 11 is 0. The highest BCUT2D eigenvalue weighted by Gasteiger charge is 2.20. The third-order valence-electron chi connectivity index (χ3n) is 4.79. The highest BCUT2D eigenvalue weighted by molar-refractivity contribution is 6.02. The van der Waals surface area contributed by atoms with Gasteiger partial charge in [-0.3, -0.25) is 0 Å². The smallest absolute Gasteiger partial charge is 0.340 e. The Balaban J connectivity index is 1.66. The highest BCUT2D eigenvalue weighted by atomic mass is 16.5. The maximum Gasteiger partial charge on any atom is 0.340 e. The molecule has 0 saturated carbocycles. The van der Waals surface area contributed by atoms with Crippen LogP contribution in [0.2, 0.25) is 0 Å². The Morgan fingerprint density at radius 2 is 1.53 bits per heavy atom. The number of carbonyl (C=O) groups excluding carboxylic acids is 1. The van der Waals surface area contributed by atoms with E-state index in [1.807, 2.05) is 42.5 Å². The van der Waals surface area contributed by atoms with Crippen molar-refractivity contribution in [3.8, 4) is 28.7 Å². The van der Waals surface area contributed by atoms with Gasteiger partial charge in [0.05, 0.1) is 25.3 Å². The van der Waals surface area contributed by atoms with E-state index in [9.17, 15) is 4.79 Å². The first-order chi connectivity index (χ1) is 14.7. The van der Waals surface area contributed by atoms with Crippen molar-refractivity contribution in [2.75, 3.05) is 14.2 Å². The van der Waals surface area contributed by atoms with Gasteiger partial charge in [0.25, 0.3) is 0 Å². The summed E-state index contributed by atoms with van der Waals surface area (Å²) in [6.07, 6.45) is 0. The van der Waals surface area contributed by atoms with Gasteiger partial charge in [0.15, 0.2) is 11.2 Å². The van der Waals surface area contributed by atoms with Crippen LogP contribution in [0.1, 0.15) is 10.4 Å². The molecule has 2 heterocycles. The summed E-state index contributed by atoms with van der Waals surface area (Å²) in [5.74, 6) is 1.05. The number of aromatic nitrogens is 2. The van der Waals surface area contributed by atoms with Gasteiger partial charge < -0.3 is 18.3 Å². The van der Waals surface area contributed by atoms with Crippen molar-refractivity contribution in [3.63, 3.8) is 0 Å². The normalized spacial score (nSPS) is 11.1. The maximum absolute atomic E-state index is 12.1. The van der Waals surface area contributed by atoms with Gasteiger partial charge >= 0.3 is 5.97 Å². The summed E-state index contributed by atoms with van der Waals surface area (Å²) in [5.41, 5.74) is 3.94. The van der Waals surface area contributed by atoms with Gasteiger partial charge in [-0.25, -0.2) is 14.8 Å². The zero-order chi connectivity index (χ0) is 20.7. The zero-order valence-corrected chi connectivity index (χ0v) is 16.2. The minimum atomic E-state index is -0.472. The predicted molar refractivity (Wildman–Crippen MR) is 110 cm³/mol. The lowest BCUT2D eigenvalue weighted by molar-refractivity contribution is 0.0602. The predicted octanol–water partition coefficient (Wildman–Crippen LogP) is 5.10. The topological polar surface area (TPSA) is 87.6 Å². The van der Waals surface area contributed by atoms with Crippen molar-refractivity contribution in [1.82, 2.24) is 9.97 Å². The van der Waals surface area contributed by atoms with E-state index >= 15 is 0 Å². The second-order valence-corrected chi connectivity index (χ2v) is 6.57. The van der Waals surface area contributed by atoms with Gasteiger partial charge in [0, 0.05) is 5.56 Å². The third kappa shape index (κ3) is 2.88. The molecule has 0 fully saturated rings. The molecule has 7 nitrogen and oxygen atoms in total. The lowest BCUT2D eigenvalue weighted by Crippen LogP contribution is -2.01. The van der Waals surface area contributed by atoms with Crippen LogP contribution >= 0.6 is 0 Å². The third-order valence-corrected chi connectivity index (χ3v) is 4.79. The van der Waals surface area contributed by atoms with Crippen molar-refractivity contribution >= 4 is 28.2 Å².